The minimum atomic E-state index is -0.186. The summed E-state index contributed by atoms with van der Waals surface area (Å²) in [6.07, 6.45) is 0.948. The molecule has 2 aromatic rings. The van der Waals surface area contributed by atoms with Crippen molar-refractivity contribution in [1.82, 2.24) is 0 Å². The Morgan fingerprint density at radius 2 is 1.93 bits per heavy atom. The first-order valence-electron chi connectivity index (χ1n) is 4.67. The van der Waals surface area contributed by atoms with E-state index in [0.717, 1.165) is 12.0 Å². The van der Waals surface area contributed by atoms with Gasteiger partial charge in [0.05, 0.1) is 0 Å². The van der Waals surface area contributed by atoms with E-state index in [-0.39, 0.29) is 10.6 Å². The van der Waals surface area contributed by atoms with Gasteiger partial charge in [-0.2, -0.15) is 0 Å². The summed E-state index contributed by atoms with van der Waals surface area (Å²) in [4.78, 5) is 1.60. The molecule has 0 saturated carbocycles. The van der Waals surface area contributed by atoms with E-state index in [9.17, 15) is 4.39 Å². The first-order valence-corrected chi connectivity index (χ1v) is 6.47. The number of rotatable bonds is 3. The van der Waals surface area contributed by atoms with Crippen LogP contribution >= 0.6 is 27.3 Å². The van der Waals surface area contributed by atoms with Crippen molar-refractivity contribution in [3.05, 3.63) is 58.0 Å². The molecule has 2 rings (SSSR count). The third-order valence-corrected chi connectivity index (χ3v) is 3.94. The average Bonchev–Trinajstić information content (AvgIpc) is 2.71. The van der Waals surface area contributed by atoms with Crippen molar-refractivity contribution in [1.29, 1.82) is 0 Å². The molecule has 78 valence electrons. The summed E-state index contributed by atoms with van der Waals surface area (Å²) in [7, 11) is 0. The maximum atomic E-state index is 12.7. The van der Waals surface area contributed by atoms with Gasteiger partial charge >= 0.3 is 0 Å². The van der Waals surface area contributed by atoms with Crippen molar-refractivity contribution < 1.29 is 4.39 Å². The summed E-state index contributed by atoms with van der Waals surface area (Å²) >= 11 is 5.36. The third-order valence-electron chi connectivity index (χ3n) is 2.19. The van der Waals surface area contributed by atoms with Gasteiger partial charge in [-0.25, -0.2) is 4.39 Å². The Hall–Kier alpha value is -0.670. The van der Waals surface area contributed by atoms with Gasteiger partial charge in [0, 0.05) is 9.70 Å². The molecule has 0 aliphatic rings. The van der Waals surface area contributed by atoms with Crippen molar-refractivity contribution in [2.45, 2.75) is 11.2 Å². The quantitative estimate of drug-likeness (QED) is 0.725. The first-order chi connectivity index (χ1) is 7.25. The normalized spacial score (nSPS) is 12.7. The summed E-state index contributed by atoms with van der Waals surface area (Å²) in [5, 5.41) is 2.07. The highest BCUT2D eigenvalue weighted by Gasteiger charge is 2.08. The molecule has 0 aliphatic heterocycles. The lowest BCUT2D eigenvalue weighted by Gasteiger charge is -2.08. The molecule has 0 N–H and O–H groups in total. The van der Waals surface area contributed by atoms with Gasteiger partial charge in [0.2, 0.25) is 0 Å². The minimum Gasteiger partial charge on any atom is -0.207 e. The third kappa shape index (κ3) is 2.89. The molecular weight excluding hydrogens is 275 g/mol. The average molecular weight is 285 g/mol. The minimum absolute atomic E-state index is 0.186. The van der Waals surface area contributed by atoms with Gasteiger partial charge in [-0.1, -0.05) is 34.1 Å². The van der Waals surface area contributed by atoms with Crippen LogP contribution in [0.2, 0.25) is 0 Å². The van der Waals surface area contributed by atoms with Crippen molar-refractivity contribution in [2.75, 3.05) is 0 Å². The van der Waals surface area contributed by atoms with E-state index in [1.807, 2.05) is 18.2 Å². The van der Waals surface area contributed by atoms with Gasteiger partial charge in [-0.3, -0.25) is 0 Å². The fourth-order valence-corrected chi connectivity index (χ4v) is 3.02. The van der Waals surface area contributed by atoms with E-state index >= 15 is 0 Å². The molecule has 1 aromatic carbocycles. The summed E-state index contributed by atoms with van der Waals surface area (Å²) in [5.74, 6) is -0.186. The summed E-state index contributed by atoms with van der Waals surface area (Å²) in [6.45, 7) is 0. The molecule has 1 atom stereocenters. The van der Waals surface area contributed by atoms with E-state index in [2.05, 4.69) is 27.4 Å². The number of halogens is 2. The van der Waals surface area contributed by atoms with Gasteiger partial charge in [-0.05, 0) is 35.6 Å². The van der Waals surface area contributed by atoms with Crippen LogP contribution in [0.15, 0.2) is 41.8 Å². The molecular formula is C12H10BrFS. The van der Waals surface area contributed by atoms with Crippen LogP contribution < -0.4 is 0 Å². The van der Waals surface area contributed by atoms with Crippen molar-refractivity contribution in [3.63, 3.8) is 0 Å². The lowest BCUT2D eigenvalue weighted by molar-refractivity contribution is 0.627. The van der Waals surface area contributed by atoms with Gasteiger partial charge in [0.25, 0.3) is 0 Å². The summed E-state index contributed by atoms with van der Waals surface area (Å²) in [5.41, 5.74) is 1.12. The zero-order valence-corrected chi connectivity index (χ0v) is 10.4. The monoisotopic (exact) mass is 284 g/mol. The Labute approximate surface area is 101 Å². The molecule has 0 nitrogen and oxygen atoms in total. The van der Waals surface area contributed by atoms with Crippen molar-refractivity contribution in [2.24, 2.45) is 0 Å². The lowest BCUT2D eigenvalue weighted by atomic mass is 10.1. The zero-order valence-electron chi connectivity index (χ0n) is 7.99. The number of alkyl halides is 1. The van der Waals surface area contributed by atoms with Crippen LogP contribution in [0.4, 0.5) is 4.39 Å². The number of thiophene rings is 1. The van der Waals surface area contributed by atoms with Crippen LogP contribution in [0.5, 0.6) is 0 Å². The molecule has 1 unspecified atom stereocenters. The number of hydrogen-bond donors (Lipinski definition) is 0. The van der Waals surface area contributed by atoms with Crippen molar-refractivity contribution >= 4 is 27.3 Å². The maximum Gasteiger partial charge on any atom is 0.123 e. The predicted molar refractivity (Wildman–Crippen MR) is 66.1 cm³/mol. The second kappa shape index (κ2) is 4.90. The van der Waals surface area contributed by atoms with E-state index in [1.54, 1.807) is 11.3 Å². The first kappa shape index (κ1) is 10.8. The van der Waals surface area contributed by atoms with E-state index in [4.69, 9.17) is 0 Å². The number of hydrogen-bond acceptors (Lipinski definition) is 1. The van der Waals surface area contributed by atoms with Gasteiger partial charge in [0.15, 0.2) is 0 Å². The van der Waals surface area contributed by atoms with Crippen LogP contribution in [0.25, 0.3) is 0 Å². The Kier molecular flexibility index (Phi) is 3.54. The van der Waals surface area contributed by atoms with Crippen LogP contribution in [0, 0.1) is 5.82 Å². The molecule has 0 saturated heterocycles. The largest absolute Gasteiger partial charge is 0.207 e. The van der Waals surface area contributed by atoms with E-state index in [0.29, 0.717) is 0 Å². The van der Waals surface area contributed by atoms with Gasteiger partial charge < -0.3 is 0 Å². The molecule has 15 heavy (non-hydrogen) atoms. The molecule has 0 bridgehead atoms. The Balaban J connectivity index is 2.08. The summed E-state index contributed by atoms with van der Waals surface area (Å²) < 4.78 is 12.7. The molecule has 0 spiro atoms. The van der Waals surface area contributed by atoms with E-state index in [1.165, 1.54) is 17.0 Å². The van der Waals surface area contributed by atoms with Gasteiger partial charge in [0.1, 0.15) is 5.82 Å². The lowest BCUT2D eigenvalue weighted by Crippen LogP contribution is -1.93. The van der Waals surface area contributed by atoms with Crippen LogP contribution in [-0.2, 0) is 6.42 Å². The topological polar surface area (TPSA) is 0 Å². The molecule has 3 heteroatoms. The highest BCUT2D eigenvalue weighted by Crippen LogP contribution is 2.28. The molecule has 0 aliphatic carbocycles. The highest BCUT2D eigenvalue weighted by molar-refractivity contribution is 9.09. The second-order valence-electron chi connectivity index (χ2n) is 3.30. The second-order valence-corrected chi connectivity index (χ2v) is 5.44. The van der Waals surface area contributed by atoms with E-state index < -0.39 is 0 Å². The maximum absolute atomic E-state index is 12.7. The Morgan fingerprint density at radius 3 is 2.53 bits per heavy atom. The smallest absolute Gasteiger partial charge is 0.123 e. The van der Waals surface area contributed by atoms with Crippen LogP contribution in [0.3, 0.4) is 0 Å². The SMILES string of the molecule is Fc1ccc(C(Br)Cc2cccs2)cc1. The Morgan fingerprint density at radius 1 is 1.20 bits per heavy atom. The fraction of sp³-hybridized carbons (Fsp3) is 0.167. The highest BCUT2D eigenvalue weighted by atomic mass is 79.9. The Bertz CT molecular complexity index is 408. The number of benzene rings is 1. The molecule has 0 radical (unpaired) electrons. The molecule has 0 fully saturated rings. The fourth-order valence-electron chi connectivity index (χ4n) is 1.39. The molecule has 0 amide bonds. The van der Waals surface area contributed by atoms with Crippen molar-refractivity contribution in [3.8, 4) is 0 Å². The van der Waals surface area contributed by atoms with Gasteiger partial charge in [-0.15, -0.1) is 11.3 Å². The van der Waals surface area contributed by atoms with Crippen LogP contribution in [-0.4, -0.2) is 0 Å². The summed E-state index contributed by atoms with van der Waals surface area (Å²) in [6, 6.07) is 10.8. The standard InChI is InChI=1S/C12H10BrFS/c13-12(8-11-2-1-7-15-11)9-3-5-10(14)6-4-9/h1-7,12H,8H2. The van der Waals surface area contributed by atoms with Crippen LogP contribution in [0.1, 0.15) is 15.3 Å². The molecule has 1 heterocycles. The predicted octanol–water partition coefficient (Wildman–Crippen LogP) is 4.57. The molecule has 1 aromatic heterocycles. The zero-order chi connectivity index (χ0) is 10.7.